The van der Waals surface area contributed by atoms with Gasteiger partial charge >= 0.3 is 0 Å². The molecule has 0 unspecified atom stereocenters. The zero-order chi connectivity index (χ0) is 12.3. The highest BCUT2D eigenvalue weighted by atomic mass is 35.5. The SMILES string of the molecule is Cc1cccc(Oc2ncnc(Cl)c2CCl)c1. The van der Waals surface area contributed by atoms with E-state index in [4.69, 9.17) is 27.9 Å². The van der Waals surface area contributed by atoms with Crippen LogP contribution in [0, 0.1) is 6.92 Å². The molecule has 0 saturated heterocycles. The number of aryl methyl sites for hydroxylation is 1. The smallest absolute Gasteiger partial charge is 0.228 e. The van der Waals surface area contributed by atoms with Crippen molar-refractivity contribution in [1.82, 2.24) is 9.97 Å². The third kappa shape index (κ3) is 2.87. The Bertz CT molecular complexity index is 532. The zero-order valence-corrected chi connectivity index (χ0v) is 10.7. The molecule has 0 radical (unpaired) electrons. The molecule has 0 atom stereocenters. The van der Waals surface area contributed by atoms with Crippen molar-refractivity contribution < 1.29 is 4.74 Å². The predicted octanol–water partition coefficient (Wildman–Crippen LogP) is 3.97. The Hall–Kier alpha value is -1.32. The molecule has 88 valence electrons. The Labute approximate surface area is 109 Å². The van der Waals surface area contributed by atoms with Crippen molar-refractivity contribution in [3.05, 3.63) is 46.9 Å². The molecule has 1 aromatic heterocycles. The summed E-state index contributed by atoms with van der Waals surface area (Å²) in [6.07, 6.45) is 1.35. The Kier molecular flexibility index (Phi) is 3.82. The van der Waals surface area contributed by atoms with Crippen LogP contribution < -0.4 is 4.74 Å². The Morgan fingerprint density at radius 2 is 2.12 bits per heavy atom. The molecule has 0 aliphatic heterocycles. The number of benzene rings is 1. The Morgan fingerprint density at radius 3 is 2.82 bits per heavy atom. The normalized spacial score (nSPS) is 10.3. The third-order valence-corrected chi connectivity index (χ3v) is 2.78. The average molecular weight is 269 g/mol. The zero-order valence-electron chi connectivity index (χ0n) is 9.15. The number of ether oxygens (including phenoxy) is 1. The number of halogens is 2. The summed E-state index contributed by atoms with van der Waals surface area (Å²) in [6.45, 7) is 1.99. The number of aromatic nitrogens is 2. The molecule has 0 aliphatic rings. The molecule has 0 saturated carbocycles. The molecule has 0 fully saturated rings. The lowest BCUT2D eigenvalue weighted by molar-refractivity contribution is 0.456. The van der Waals surface area contributed by atoms with Crippen LogP contribution in [-0.4, -0.2) is 9.97 Å². The second-order valence-electron chi connectivity index (χ2n) is 3.50. The van der Waals surface area contributed by atoms with Crippen LogP contribution in [0.15, 0.2) is 30.6 Å². The lowest BCUT2D eigenvalue weighted by Gasteiger charge is -2.09. The summed E-state index contributed by atoms with van der Waals surface area (Å²) in [7, 11) is 0. The van der Waals surface area contributed by atoms with Gasteiger partial charge in [0.25, 0.3) is 0 Å². The first kappa shape index (κ1) is 12.1. The fourth-order valence-electron chi connectivity index (χ4n) is 1.37. The van der Waals surface area contributed by atoms with E-state index in [-0.39, 0.29) is 5.88 Å². The predicted molar refractivity (Wildman–Crippen MR) is 67.9 cm³/mol. The summed E-state index contributed by atoms with van der Waals surface area (Å²) >= 11 is 11.7. The van der Waals surface area contributed by atoms with Crippen molar-refractivity contribution in [2.45, 2.75) is 12.8 Å². The number of nitrogens with zero attached hydrogens (tertiary/aromatic N) is 2. The lowest BCUT2D eigenvalue weighted by atomic mass is 10.2. The molecular formula is C12H10Cl2N2O. The van der Waals surface area contributed by atoms with Gasteiger partial charge in [0.1, 0.15) is 17.2 Å². The maximum Gasteiger partial charge on any atom is 0.228 e. The van der Waals surface area contributed by atoms with Crippen molar-refractivity contribution in [3.63, 3.8) is 0 Å². The molecule has 1 heterocycles. The minimum Gasteiger partial charge on any atom is -0.439 e. The highest BCUT2D eigenvalue weighted by Gasteiger charge is 2.10. The van der Waals surface area contributed by atoms with Gasteiger partial charge in [0, 0.05) is 0 Å². The van der Waals surface area contributed by atoms with Crippen LogP contribution in [0.25, 0.3) is 0 Å². The molecule has 0 spiro atoms. The van der Waals surface area contributed by atoms with Gasteiger partial charge in [-0.1, -0.05) is 23.7 Å². The van der Waals surface area contributed by atoms with Crippen LogP contribution in [0.4, 0.5) is 0 Å². The molecule has 0 aliphatic carbocycles. The highest BCUT2D eigenvalue weighted by molar-refractivity contribution is 6.31. The highest BCUT2D eigenvalue weighted by Crippen LogP contribution is 2.28. The first-order valence-electron chi connectivity index (χ1n) is 5.00. The molecule has 0 N–H and O–H groups in total. The monoisotopic (exact) mass is 268 g/mol. The van der Waals surface area contributed by atoms with Gasteiger partial charge in [0.05, 0.1) is 11.4 Å². The number of rotatable bonds is 3. The minimum atomic E-state index is 0.209. The maximum absolute atomic E-state index is 5.91. The molecule has 0 amide bonds. The fourth-order valence-corrected chi connectivity index (χ4v) is 1.87. The molecule has 2 aromatic rings. The summed E-state index contributed by atoms with van der Waals surface area (Å²) in [5.74, 6) is 1.30. The summed E-state index contributed by atoms with van der Waals surface area (Å²) in [4.78, 5) is 7.89. The van der Waals surface area contributed by atoms with Crippen LogP contribution in [-0.2, 0) is 5.88 Å². The molecule has 0 bridgehead atoms. The van der Waals surface area contributed by atoms with Gasteiger partial charge < -0.3 is 4.74 Å². The van der Waals surface area contributed by atoms with E-state index in [0.717, 1.165) is 5.56 Å². The van der Waals surface area contributed by atoms with Crippen LogP contribution in [0.3, 0.4) is 0 Å². The first-order valence-corrected chi connectivity index (χ1v) is 5.92. The van der Waals surface area contributed by atoms with E-state index < -0.39 is 0 Å². The van der Waals surface area contributed by atoms with Gasteiger partial charge in [0.15, 0.2) is 0 Å². The quantitative estimate of drug-likeness (QED) is 0.624. The molecule has 1 aromatic carbocycles. The molecule has 5 heteroatoms. The van der Waals surface area contributed by atoms with Crippen LogP contribution in [0.2, 0.25) is 5.15 Å². The second kappa shape index (κ2) is 5.34. The molecule has 3 nitrogen and oxygen atoms in total. The van der Waals surface area contributed by atoms with Gasteiger partial charge in [-0.25, -0.2) is 9.97 Å². The van der Waals surface area contributed by atoms with Gasteiger partial charge in [0.2, 0.25) is 5.88 Å². The summed E-state index contributed by atoms with van der Waals surface area (Å²) in [5.41, 5.74) is 1.70. The van der Waals surface area contributed by atoms with Crippen LogP contribution in [0.1, 0.15) is 11.1 Å². The van der Waals surface area contributed by atoms with E-state index in [1.807, 2.05) is 31.2 Å². The fraction of sp³-hybridized carbons (Fsp3) is 0.167. The number of hydrogen-bond donors (Lipinski definition) is 0. The van der Waals surface area contributed by atoms with Crippen molar-refractivity contribution >= 4 is 23.2 Å². The van der Waals surface area contributed by atoms with Gasteiger partial charge in [-0.05, 0) is 24.6 Å². The van der Waals surface area contributed by atoms with Crippen molar-refractivity contribution in [2.75, 3.05) is 0 Å². The average Bonchev–Trinajstić information content (AvgIpc) is 2.29. The van der Waals surface area contributed by atoms with Gasteiger partial charge in [-0.2, -0.15) is 0 Å². The second-order valence-corrected chi connectivity index (χ2v) is 4.13. The van der Waals surface area contributed by atoms with E-state index in [0.29, 0.717) is 22.3 Å². The lowest BCUT2D eigenvalue weighted by Crippen LogP contribution is -1.96. The molecule has 2 rings (SSSR count). The van der Waals surface area contributed by atoms with Gasteiger partial charge in [-0.3, -0.25) is 0 Å². The molecule has 17 heavy (non-hydrogen) atoms. The maximum atomic E-state index is 5.91. The largest absolute Gasteiger partial charge is 0.439 e. The van der Waals surface area contributed by atoms with Crippen molar-refractivity contribution in [1.29, 1.82) is 0 Å². The summed E-state index contributed by atoms with van der Waals surface area (Å²) < 4.78 is 5.64. The van der Waals surface area contributed by atoms with E-state index >= 15 is 0 Å². The number of hydrogen-bond acceptors (Lipinski definition) is 3. The third-order valence-electron chi connectivity index (χ3n) is 2.19. The Balaban J connectivity index is 2.33. The standard InChI is InChI=1S/C12H10Cl2N2O/c1-8-3-2-4-9(5-8)17-12-10(6-13)11(14)15-7-16-12/h2-5,7H,6H2,1H3. The van der Waals surface area contributed by atoms with E-state index in [9.17, 15) is 0 Å². The summed E-state index contributed by atoms with van der Waals surface area (Å²) in [6, 6.07) is 7.66. The topological polar surface area (TPSA) is 35.0 Å². The van der Waals surface area contributed by atoms with Gasteiger partial charge in [-0.15, -0.1) is 11.6 Å². The Morgan fingerprint density at radius 1 is 1.29 bits per heavy atom. The van der Waals surface area contributed by atoms with Crippen molar-refractivity contribution in [3.8, 4) is 11.6 Å². The molecular weight excluding hydrogens is 259 g/mol. The van der Waals surface area contributed by atoms with Crippen molar-refractivity contribution in [2.24, 2.45) is 0 Å². The number of alkyl halides is 1. The van der Waals surface area contributed by atoms with E-state index in [1.165, 1.54) is 6.33 Å². The van der Waals surface area contributed by atoms with E-state index in [2.05, 4.69) is 9.97 Å². The minimum absolute atomic E-state index is 0.209. The summed E-state index contributed by atoms with van der Waals surface area (Å²) in [5, 5.41) is 0.317. The van der Waals surface area contributed by atoms with E-state index in [1.54, 1.807) is 0 Å². The van der Waals surface area contributed by atoms with Crippen LogP contribution >= 0.6 is 23.2 Å². The van der Waals surface area contributed by atoms with Crippen LogP contribution in [0.5, 0.6) is 11.6 Å². The first-order chi connectivity index (χ1) is 8.20.